The van der Waals surface area contributed by atoms with E-state index in [1.807, 2.05) is 11.0 Å². The first kappa shape index (κ1) is 13.6. The highest BCUT2D eigenvalue weighted by molar-refractivity contribution is 5.77. The van der Waals surface area contributed by atoms with Gasteiger partial charge in [0.1, 0.15) is 5.82 Å². The van der Waals surface area contributed by atoms with Crippen molar-refractivity contribution in [1.82, 2.24) is 10.2 Å². The van der Waals surface area contributed by atoms with Gasteiger partial charge in [0.2, 0.25) is 5.91 Å². The van der Waals surface area contributed by atoms with Crippen LogP contribution in [0.3, 0.4) is 0 Å². The molecule has 1 aliphatic heterocycles. The number of nitrogens with zero attached hydrogens (tertiary/aromatic N) is 1. The molecule has 1 aliphatic carbocycles. The Hall–Kier alpha value is -1.42. The van der Waals surface area contributed by atoms with Crippen LogP contribution in [0, 0.1) is 11.7 Å². The van der Waals surface area contributed by atoms with Crippen LogP contribution in [0.2, 0.25) is 0 Å². The Bertz CT molecular complexity index is 487. The average Bonchev–Trinajstić information content (AvgIpc) is 3.29. The van der Waals surface area contributed by atoms with E-state index in [1.54, 1.807) is 12.1 Å². The van der Waals surface area contributed by atoms with E-state index < -0.39 is 0 Å². The summed E-state index contributed by atoms with van der Waals surface area (Å²) in [5, 5.41) is 3.30. The highest BCUT2D eigenvalue weighted by Crippen LogP contribution is 2.34. The van der Waals surface area contributed by atoms with Crippen molar-refractivity contribution in [2.24, 2.45) is 5.92 Å². The molecule has 3 rings (SSSR count). The predicted molar refractivity (Wildman–Crippen MR) is 75.7 cm³/mol. The zero-order chi connectivity index (χ0) is 13.9. The van der Waals surface area contributed by atoms with Gasteiger partial charge in [0.15, 0.2) is 0 Å². The van der Waals surface area contributed by atoms with Crippen molar-refractivity contribution >= 4 is 5.91 Å². The van der Waals surface area contributed by atoms with E-state index in [9.17, 15) is 9.18 Å². The van der Waals surface area contributed by atoms with E-state index in [-0.39, 0.29) is 17.8 Å². The molecule has 1 saturated heterocycles. The summed E-state index contributed by atoms with van der Waals surface area (Å²) in [6.45, 7) is 2.24. The Kier molecular flexibility index (Phi) is 4.01. The number of carbonyl (C=O) groups excluding carboxylic acids is 1. The topological polar surface area (TPSA) is 32.3 Å². The van der Waals surface area contributed by atoms with Crippen molar-refractivity contribution in [3.05, 3.63) is 35.6 Å². The van der Waals surface area contributed by atoms with Gasteiger partial charge < -0.3 is 10.2 Å². The van der Waals surface area contributed by atoms with E-state index in [2.05, 4.69) is 5.32 Å². The lowest BCUT2D eigenvalue weighted by Gasteiger charge is -2.36. The molecule has 3 nitrogen and oxygen atoms in total. The molecule has 0 bridgehead atoms. The molecule has 1 saturated carbocycles. The van der Waals surface area contributed by atoms with Gasteiger partial charge in [-0.05, 0) is 30.0 Å². The molecule has 0 radical (unpaired) electrons. The second-order valence-electron chi connectivity index (χ2n) is 5.84. The Morgan fingerprint density at radius 3 is 3.00 bits per heavy atom. The minimum Gasteiger partial charge on any atom is -0.333 e. The van der Waals surface area contributed by atoms with Crippen molar-refractivity contribution in [2.75, 3.05) is 19.6 Å². The lowest BCUT2D eigenvalue weighted by molar-refractivity contribution is -0.134. The quantitative estimate of drug-likeness (QED) is 0.916. The van der Waals surface area contributed by atoms with Crippen LogP contribution in [0.25, 0.3) is 0 Å². The van der Waals surface area contributed by atoms with Crippen LogP contribution < -0.4 is 5.32 Å². The van der Waals surface area contributed by atoms with E-state index in [4.69, 9.17) is 0 Å². The van der Waals surface area contributed by atoms with Crippen molar-refractivity contribution < 1.29 is 9.18 Å². The zero-order valence-corrected chi connectivity index (χ0v) is 11.6. The monoisotopic (exact) mass is 276 g/mol. The standard InChI is InChI=1S/C16H21FN2O/c17-14-3-1-2-13(10-14)15-11-18-8-9-19(15)16(20)7-6-12-4-5-12/h1-3,10,12,15,18H,4-9,11H2. The van der Waals surface area contributed by atoms with E-state index in [0.29, 0.717) is 19.5 Å². The van der Waals surface area contributed by atoms with Gasteiger partial charge >= 0.3 is 0 Å². The third-order valence-electron chi connectivity index (χ3n) is 4.26. The van der Waals surface area contributed by atoms with Crippen LogP contribution in [0.15, 0.2) is 24.3 Å². The molecule has 20 heavy (non-hydrogen) atoms. The SMILES string of the molecule is O=C(CCC1CC1)N1CCNCC1c1cccc(F)c1. The van der Waals surface area contributed by atoms with Gasteiger partial charge in [-0.25, -0.2) is 4.39 Å². The molecule has 0 spiro atoms. The molecule has 1 heterocycles. The maximum Gasteiger partial charge on any atom is 0.223 e. The summed E-state index contributed by atoms with van der Waals surface area (Å²) in [6, 6.07) is 6.57. The average molecular weight is 276 g/mol. The van der Waals surface area contributed by atoms with Crippen molar-refractivity contribution in [2.45, 2.75) is 31.7 Å². The fourth-order valence-electron chi connectivity index (χ4n) is 2.89. The first-order valence-electron chi connectivity index (χ1n) is 7.49. The number of rotatable bonds is 4. The number of hydrogen-bond donors (Lipinski definition) is 1. The van der Waals surface area contributed by atoms with Crippen molar-refractivity contribution in [3.8, 4) is 0 Å². The van der Waals surface area contributed by atoms with Crippen LogP contribution in [-0.4, -0.2) is 30.4 Å². The summed E-state index contributed by atoms with van der Waals surface area (Å²) in [5.41, 5.74) is 0.886. The zero-order valence-electron chi connectivity index (χ0n) is 11.6. The largest absolute Gasteiger partial charge is 0.333 e. The van der Waals surface area contributed by atoms with Gasteiger partial charge in [-0.15, -0.1) is 0 Å². The molecule has 2 aliphatic rings. The molecule has 1 amide bonds. The maximum absolute atomic E-state index is 13.4. The molecule has 2 fully saturated rings. The Labute approximate surface area is 119 Å². The van der Waals surface area contributed by atoms with Gasteiger partial charge in [0.25, 0.3) is 0 Å². The fourth-order valence-corrected chi connectivity index (χ4v) is 2.89. The highest BCUT2D eigenvalue weighted by atomic mass is 19.1. The van der Waals surface area contributed by atoms with Gasteiger partial charge in [-0.1, -0.05) is 25.0 Å². The van der Waals surface area contributed by atoms with Crippen LogP contribution in [0.5, 0.6) is 0 Å². The second kappa shape index (κ2) is 5.92. The molecule has 1 aromatic carbocycles. The lowest BCUT2D eigenvalue weighted by Crippen LogP contribution is -2.48. The van der Waals surface area contributed by atoms with Gasteiger partial charge in [-0.2, -0.15) is 0 Å². The smallest absolute Gasteiger partial charge is 0.223 e. The number of piperazine rings is 1. The molecular weight excluding hydrogens is 255 g/mol. The Morgan fingerprint density at radius 2 is 2.25 bits per heavy atom. The minimum atomic E-state index is -0.238. The van der Waals surface area contributed by atoms with Crippen LogP contribution in [0.1, 0.15) is 37.3 Å². The number of benzene rings is 1. The van der Waals surface area contributed by atoms with Crippen molar-refractivity contribution in [1.29, 1.82) is 0 Å². The van der Waals surface area contributed by atoms with Crippen LogP contribution >= 0.6 is 0 Å². The fraction of sp³-hybridized carbons (Fsp3) is 0.562. The third-order valence-corrected chi connectivity index (χ3v) is 4.26. The van der Waals surface area contributed by atoms with Gasteiger partial charge in [-0.3, -0.25) is 4.79 Å². The summed E-state index contributed by atoms with van der Waals surface area (Å²) < 4.78 is 13.4. The molecule has 4 heteroatoms. The summed E-state index contributed by atoms with van der Waals surface area (Å²) in [4.78, 5) is 14.3. The number of nitrogens with one attached hydrogen (secondary N) is 1. The second-order valence-corrected chi connectivity index (χ2v) is 5.84. The maximum atomic E-state index is 13.4. The molecule has 1 atom stereocenters. The normalized spacial score (nSPS) is 22.9. The number of amides is 1. The summed E-state index contributed by atoms with van der Waals surface area (Å²) in [7, 11) is 0. The minimum absolute atomic E-state index is 0.0360. The Balaban J connectivity index is 1.70. The number of halogens is 1. The molecule has 1 unspecified atom stereocenters. The number of hydrogen-bond acceptors (Lipinski definition) is 2. The van der Waals surface area contributed by atoms with Crippen LogP contribution in [-0.2, 0) is 4.79 Å². The van der Waals surface area contributed by atoms with E-state index >= 15 is 0 Å². The van der Waals surface area contributed by atoms with Crippen molar-refractivity contribution in [3.63, 3.8) is 0 Å². The van der Waals surface area contributed by atoms with Gasteiger partial charge in [0, 0.05) is 26.1 Å². The molecule has 108 valence electrons. The van der Waals surface area contributed by atoms with Crippen LogP contribution in [0.4, 0.5) is 4.39 Å². The number of carbonyl (C=O) groups is 1. The molecule has 1 N–H and O–H groups in total. The lowest BCUT2D eigenvalue weighted by atomic mass is 10.0. The third kappa shape index (κ3) is 3.18. The highest BCUT2D eigenvalue weighted by Gasteiger charge is 2.29. The van der Waals surface area contributed by atoms with E-state index in [0.717, 1.165) is 24.4 Å². The summed E-state index contributed by atoms with van der Waals surface area (Å²) >= 11 is 0. The first-order chi connectivity index (χ1) is 9.74. The summed E-state index contributed by atoms with van der Waals surface area (Å²) in [5.74, 6) is 0.751. The Morgan fingerprint density at radius 1 is 1.40 bits per heavy atom. The molecule has 0 aromatic heterocycles. The van der Waals surface area contributed by atoms with Gasteiger partial charge in [0.05, 0.1) is 6.04 Å². The molecule has 1 aromatic rings. The van der Waals surface area contributed by atoms with E-state index in [1.165, 1.54) is 18.9 Å². The predicted octanol–water partition coefficient (Wildman–Crippen LogP) is 2.49. The summed E-state index contributed by atoms with van der Waals surface area (Å²) in [6.07, 6.45) is 4.21. The first-order valence-corrected chi connectivity index (χ1v) is 7.49. The molecular formula is C16H21FN2O.